The zero-order chi connectivity index (χ0) is 21.7. The van der Waals surface area contributed by atoms with Crippen LogP contribution in [-0.4, -0.2) is 0 Å². The lowest BCUT2D eigenvalue weighted by Crippen LogP contribution is -2.31. The molecule has 0 atom stereocenters. The van der Waals surface area contributed by atoms with Gasteiger partial charge in [-0.3, -0.25) is 0 Å². The van der Waals surface area contributed by atoms with Crippen LogP contribution >= 0.6 is 0 Å². The zero-order valence-electron chi connectivity index (χ0n) is 18.7. The lowest BCUT2D eigenvalue weighted by molar-refractivity contribution is 0.131. The van der Waals surface area contributed by atoms with Crippen LogP contribution in [0.15, 0.2) is 91.1 Å². The third-order valence-corrected chi connectivity index (χ3v) is 6.54. The number of rotatable bonds is 7. The Morgan fingerprint density at radius 1 is 0.871 bits per heavy atom. The molecule has 1 aliphatic carbocycles. The number of aryl methyl sites for hydroxylation is 1. The molecule has 3 aromatic rings. The van der Waals surface area contributed by atoms with Crippen LogP contribution in [0.4, 0.5) is 5.69 Å². The van der Waals surface area contributed by atoms with Crippen LogP contribution in [0, 0.1) is 12.8 Å². The van der Waals surface area contributed by atoms with Crippen molar-refractivity contribution in [2.75, 3.05) is 5.32 Å². The van der Waals surface area contributed by atoms with Gasteiger partial charge in [-0.1, -0.05) is 86.5 Å². The average molecular weight is 412 g/mol. The SMILES string of the molecule is C=C(Nc1ccc(OC(C)(c2ccccc2)c2ccccc2)c(C)c1)C1CCCCC1. The Morgan fingerprint density at radius 2 is 1.45 bits per heavy atom. The molecule has 0 aromatic heterocycles. The van der Waals surface area contributed by atoms with Crippen LogP contribution in [0.25, 0.3) is 0 Å². The second kappa shape index (κ2) is 9.43. The molecule has 0 spiro atoms. The Kier molecular flexibility index (Phi) is 6.46. The number of allylic oxidation sites excluding steroid dienone is 1. The number of hydrogen-bond acceptors (Lipinski definition) is 2. The van der Waals surface area contributed by atoms with Crippen LogP contribution in [-0.2, 0) is 5.60 Å². The highest BCUT2D eigenvalue weighted by molar-refractivity contribution is 5.54. The molecule has 0 aliphatic heterocycles. The number of nitrogens with one attached hydrogen (secondary N) is 1. The van der Waals surface area contributed by atoms with E-state index in [1.807, 2.05) is 12.1 Å². The van der Waals surface area contributed by atoms with Gasteiger partial charge in [0.15, 0.2) is 5.60 Å². The zero-order valence-corrected chi connectivity index (χ0v) is 18.7. The van der Waals surface area contributed by atoms with Crippen molar-refractivity contribution in [1.29, 1.82) is 0 Å². The number of benzene rings is 3. The average Bonchev–Trinajstić information content (AvgIpc) is 2.82. The molecule has 0 bridgehead atoms. The summed E-state index contributed by atoms with van der Waals surface area (Å²) in [5.74, 6) is 1.48. The Balaban J connectivity index is 1.57. The van der Waals surface area contributed by atoms with E-state index in [-0.39, 0.29) is 0 Å². The summed E-state index contributed by atoms with van der Waals surface area (Å²) in [6, 6.07) is 27.2. The minimum absolute atomic E-state index is 0.575. The van der Waals surface area contributed by atoms with E-state index in [2.05, 4.69) is 92.5 Å². The standard InChI is InChI=1S/C29H33NO/c1-22-21-27(30-23(2)24-13-7-4-8-14-24)19-20-28(22)31-29(3,25-15-9-5-10-16-25)26-17-11-6-12-18-26/h5-6,9-12,15-21,24,30H,2,4,7-8,13-14H2,1,3H3. The Morgan fingerprint density at radius 3 is 2.00 bits per heavy atom. The van der Waals surface area contributed by atoms with Gasteiger partial charge in [-0.25, -0.2) is 0 Å². The molecular weight excluding hydrogens is 378 g/mol. The molecule has 2 nitrogen and oxygen atoms in total. The molecular formula is C29H33NO. The first kappa shape index (κ1) is 21.2. The van der Waals surface area contributed by atoms with Gasteiger partial charge in [0, 0.05) is 11.4 Å². The maximum atomic E-state index is 6.73. The molecule has 0 unspecified atom stereocenters. The van der Waals surface area contributed by atoms with E-state index < -0.39 is 5.60 Å². The van der Waals surface area contributed by atoms with Crippen molar-refractivity contribution in [3.63, 3.8) is 0 Å². The van der Waals surface area contributed by atoms with Crippen LogP contribution in [0.2, 0.25) is 0 Å². The van der Waals surface area contributed by atoms with Crippen molar-refractivity contribution in [1.82, 2.24) is 0 Å². The van der Waals surface area contributed by atoms with Gasteiger partial charge in [-0.2, -0.15) is 0 Å². The largest absolute Gasteiger partial charge is 0.478 e. The highest BCUT2D eigenvalue weighted by Crippen LogP contribution is 2.37. The third kappa shape index (κ3) is 4.85. The predicted molar refractivity (Wildman–Crippen MR) is 130 cm³/mol. The van der Waals surface area contributed by atoms with Crippen molar-refractivity contribution in [2.45, 2.75) is 51.6 Å². The smallest absolute Gasteiger partial charge is 0.156 e. The number of hydrogen-bond donors (Lipinski definition) is 1. The highest BCUT2D eigenvalue weighted by atomic mass is 16.5. The van der Waals surface area contributed by atoms with E-state index in [1.165, 1.54) is 32.1 Å². The lowest BCUT2D eigenvalue weighted by Gasteiger charge is -2.33. The van der Waals surface area contributed by atoms with Crippen molar-refractivity contribution < 1.29 is 4.74 Å². The molecule has 0 amide bonds. The van der Waals surface area contributed by atoms with E-state index >= 15 is 0 Å². The molecule has 2 heteroatoms. The van der Waals surface area contributed by atoms with Gasteiger partial charge in [0.1, 0.15) is 5.75 Å². The molecule has 0 radical (unpaired) electrons. The predicted octanol–water partition coefficient (Wildman–Crippen LogP) is 7.84. The van der Waals surface area contributed by atoms with Crippen LogP contribution in [0.5, 0.6) is 5.75 Å². The highest BCUT2D eigenvalue weighted by Gasteiger charge is 2.31. The Bertz CT molecular complexity index is 964. The van der Waals surface area contributed by atoms with Crippen molar-refractivity contribution in [2.24, 2.45) is 5.92 Å². The monoisotopic (exact) mass is 411 g/mol. The summed E-state index contributed by atoms with van der Waals surface area (Å²) in [5, 5.41) is 3.56. The molecule has 4 rings (SSSR count). The van der Waals surface area contributed by atoms with Gasteiger partial charge in [0.25, 0.3) is 0 Å². The normalized spacial score (nSPS) is 14.8. The second-order valence-electron chi connectivity index (χ2n) is 8.83. The van der Waals surface area contributed by atoms with Crippen LogP contribution in [0.3, 0.4) is 0 Å². The van der Waals surface area contributed by atoms with E-state index in [1.54, 1.807) is 0 Å². The summed E-state index contributed by atoms with van der Waals surface area (Å²) in [6.07, 6.45) is 6.48. The molecule has 1 fully saturated rings. The van der Waals surface area contributed by atoms with Crippen LogP contribution in [0.1, 0.15) is 55.7 Å². The molecule has 1 saturated carbocycles. The fourth-order valence-electron chi connectivity index (χ4n) is 4.60. The maximum Gasteiger partial charge on any atom is 0.156 e. The molecule has 1 aliphatic rings. The van der Waals surface area contributed by atoms with Crippen molar-refractivity contribution >= 4 is 5.69 Å². The summed E-state index contributed by atoms with van der Waals surface area (Å²) in [5.41, 5.74) is 5.03. The Labute approximate surface area is 187 Å². The quantitative estimate of drug-likeness (QED) is 0.427. The first-order valence-electron chi connectivity index (χ1n) is 11.4. The van der Waals surface area contributed by atoms with E-state index in [4.69, 9.17) is 4.74 Å². The Hall–Kier alpha value is -3.00. The fourth-order valence-corrected chi connectivity index (χ4v) is 4.60. The van der Waals surface area contributed by atoms with Crippen LogP contribution < -0.4 is 10.1 Å². The van der Waals surface area contributed by atoms with Gasteiger partial charge in [-0.15, -0.1) is 0 Å². The summed E-state index contributed by atoms with van der Waals surface area (Å²) in [7, 11) is 0. The first-order valence-corrected chi connectivity index (χ1v) is 11.4. The van der Waals surface area contributed by atoms with E-state index in [9.17, 15) is 0 Å². The van der Waals surface area contributed by atoms with Crippen molar-refractivity contribution in [3.8, 4) is 5.75 Å². The van der Waals surface area contributed by atoms with Gasteiger partial charge < -0.3 is 10.1 Å². The number of ether oxygens (including phenoxy) is 1. The van der Waals surface area contributed by atoms with Gasteiger partial charge in [-0.05, 0) is 67.5 Å². The molecule has 31 heavy (non-hydrogen) atoms. The molecule has 160 valence electrons. The molecule has 1 N–H and O–H groups in total. The molecule has 3 aromatic carbocycles. The molecule has 0 saturated heterocycles. The lowest BCUT2D eigenvalue weighted by atomic mass is 9.87. The minimum Gasteiger partial charge on any atom is -0.478 e. The van der Waals surface area contributed by atoms with E-state index in [0.717, 1.165) is 33.8 Å². The van der Waals surface area contributed by atoms with Gasteiger partial charge in [0.2, 0.25) is 0 Å². The first-order chi connectivity index (χ1) is 15.1. The minimum atomic E-state index is -0.575. The second-order valence-corrected chi connectivity index (χ2v) is 8.83. The van der Waals surface area contributed by atoms with Crippen molar-refractivity contribution in [3.05, 3.63) is 108 Å². The summed E-state index contributed by atoms with van der Waals surface area (Å²) >= 11 is 0. The summed E-state index contributed by atoms with van der Waals surface area (Å²) < 4.78 is 6.73. The summed E-state index contributed by atoms with van der Waals surface area (Å²) in [6.45, 7) is 8.58. The van der Waals surface area contributed by atoms with Gasteiger partial charge >= 0.3 is 0 Å². The molecule has 0 heterocycles. The maximum absolute atomic E-state index is 6.73. The van der Waals surface area contributed by atoms with Gasteiger partial charge in [0.05, 0.1) is 0 Å². The third-order valence-electron chi connectivity index (χ3n) is 6.54. The fraction of sp³-hybridized carbons (Fsp3) is 0.310. The number of anilines is 1. The topological polar surface area (TPSA) is 21.3 Å². The van der Waals surface area contributed by atoms with E-state index in [0.29, 0.717) is 5.92 Å². The summed E-state index contributed by atoms with van der Waals surface area (Å²) in [4.78, 5) is 0.